The molecule has 1 N–H and O–H groups in total. The summed E-state index contributed by atoms with van der Waals surface area (Å²) in [5.74, 6) is 0. The van der Waals surface area contributed by atoms with E-state index in [4.69, 9.17) is 0 Å². The number of nitrogens with zero attached hydrogens (tertiary/aromatic N) is 3. The summed E-state index contributed by atoms with van der Waals surface area (Å²) in [6.45, 7) is 1.91. The van der Waals surface area contributed by atoms with Crippen LogP contribution in [-0.4, -0.2) is 27.6 Å². The van der Waals surface area contributed by atoms with Crippen LogP contribution >= 0.6 is 15.9 Å². The summed E-state index contributed by atoms with van der Waals surface area (Å²) >= 11 is 3.40. The summed E-state index contributed by atoms with van der Waals surface area (Å²) in [6.07, 6.45) is 4.78. The number of pyridine rings is 1. The second-order valence-corrected chi connectivity index (χ2v) is 8.38. The smallest absolute Gasteiger partial charge is 0.269 e. The Hall–Kier alpha value is -2.45. The molecule has 0 fully saturated rings. The third-order valence-electron chi connectivity index (χ3n) is 3.95. The first kappa shape index (κ1) is 16.0. The molecule has 25 heavy (non-hydrogen) atoms. The van der Waals surface area contributed by atoms with Crippen molar-refractivity contribution in [3.63, 3.8) is 0 Å². The second kappa shape index (κ2) is 5.82. The Labute approximate surface area is 152 Å². The van der Waals surface area contributed by atoms with Crippen molar-refractivity contribution in [3.8, 4) is 11.3 Å². The first-order valence-electron chi connectivity index (χ1n) is 7.45. The van der Waals surface area contributed by atoms with Gasteiger partial charge in [-0.05, 0) is 47.1 Å². The van der Waals surface area contributed by atoms with Crippen molar-refractivity contribution in [1.29, 1.82) is 0 Å². The van der Waals surface area contributed by atoms with Crippen LogP contribution in [0.2, 0.25) is 0 Å². The maximum Gasteiger partial charge on any atom is 0.269 e. The van der Waals surface area contributed by atoms with Gasteiger partial charge >= 0.3 is 0 Å². The average molecular weight is 417 g/mol. The standard InChI is InChI=1S/C17H13BrN4O2S/c1-11-2-4-13(5-3-11)25(23,24)22-10-15(16-6-7-20-21-16)14-8-12(18)9-19-17(14)22/h2-10H,1H3,(H,20,21). The summed E-state index contributed by atoms with van der Waals surface area (Å²) in [7, 11) is -3.76. The normalized spacial score (nSPS) is 11.9. The lowest BCUT2D eigenvalue weighted by atomic mass is 10.2. The van der Waals surface area contributed by atoms with Crippen LogP contribution in [-0.2, 0) is 10.0 Å². The van der Waals surface area contributed by atoms with Crippen LogP contribution in [0.5, 0.6) is 0 Å². The molecular formula is C17H13BrN4O2S. The molecule has 0 amide bonds. The Balaban J connectivity index is 2.01. The van der Waals surface area contributed by atoms with Gasteiger partial charge in [-0.15, -0.1) is 0 Å². The highest BCUT2D eigenvalue weighted by atomic mass is 79.9. The van der Waals surface area contributed by atoms with Crippen molar-refractivity contribution < 1.29 is 8.42 Å². The minimum atomic E-state index is -3.76. The van der Waals surface area contributed by atoms with E-state index in [-0.39, 0.29) is 4.90 Å². The molecule has 0 saturated carbocycles. The fraction of sp³-hybridized carbons (Fsp3) is 0.0588. The molecule has 0 aliphatic rings. The zero-order chi connectivity index (χ0) is 17.6. The van der Waals surface area contributed by atoms with E-state index in [1.165, 1.54) is 3.97 Å². The fourth-order valence-electron chi connectivity index (χ4n) is 2.68. The van der Waals surface area contributed by atoms with Crippen molar-refractivity contribution >= 4 is 37.0 Å². The van der Waals surface area contributed by atoms with Gasteiger partial charge in [0.2, 0.25) is 0 Å². The minimum absolute atomic E-state index is 0.218. The largest absolute Gasteiger partial charge is 0.278 e. The van der Waals surface area contributed by atoms with Crippen LogP contribution < -0.4 is 0 Å². The van der Waals surface area contributed by atoms with Gasteiger partial charge in [-0.3, -0.25) is 5.10 Å². The van der Waals surface area contributed by atoms with E-state index in [2.05, 4.69) is 31.1 Å². The SMILES string of the molecule is Cc1ccc(S(=O)(=O)n2cc(-c3ccn[nH]3)c3cc(Br)cnc32)cc1. The number of aromatic amines is 1. The number of nitrogens with one attached hydrogen (secondary N) is 1. The molecule has 0 radical (unpaired) electrons. The Kier molecular flexibility index (Phi) is 3.73. The first-order valence-corrected chi connectivity index (χ1v) is 9.69. The predicted octanol–water partition coefficient (Wildman–Crippen LogP) is 3.73. The van der Waals surface area contributed by atoms with E-state index in [1.54, 1.807) is 48.9 Å². The Morgan fingerprint density at radius 1 is 1.16 bits per heavy atom. The van der Waals surface area contributed by atoms with E-state index < -0.39 is 10.0 Å². The maximum atomic E-state index is 13.1. The molecule has 0 aliphatic heterocycles. The summed E-state index contributed by atoms with van der Waals surface area (Å²) in [4.78, 5) is 4.54. The number of hydrogen-bond donors (Lipinski definition) is 1. The van der Waals surface area contributed by atoms with Gasteiger partial charge < -0.3 is 0 Å². The van der Waals surface area contributed by atoms with E-state index in [1.807, 2.05) is 13.0 Å². The lowest BCUT2D eigenvalue weighted by molar-refractivity contribution is 0.589. The van der Waals surface area contributed by atoms with Crippen molar-refractivity contribution in [3.05, 3.63) is 65.0 Å². The van der Waals surface area contributed by atoms with E-state index in [0.717, 1.165) is 21.3 Å². The van der Waals surface area contributed by atoms with Crippen molar-refractivity contribution in [1.82, 2.24) is 19.2 Å². The molecule has 3 aromatic heterocycles. The first-order chi connectivity index (χ1) is 12.0. The molecule has 1 aromatic carbocycles. The molecule has 8 heteroatoms. The average Bonchev–Trinajstić information content (AvgIpc) is 3.22. The second-order valence-electron chi connectivity index (χ2n) is 5.65. The molecule has 4 aromatic rings. The van der Waals surface area contributed by atoms with Gasteiger partial charge in [0.15, 0.2) is 5.65 Å². The van der Waals surface area contributed by atoms with Crippen LogP contribution in [0.3, 0.4) is 0 Å². The lowest BCUT2D eigenvalue weighted by Gasteiger charge is -2.07. The van der Waals surface area contributed by atoms with Crippen LogP contribution in [0, 0.1) is 6.92 Å². The minimum Gasteiger partial charge on any atom is -0.278 e. The molecular weight excluding hydrogens is 404 g/mol. The highest BCUT2D eigenvalue weighted by molar-refractivity contribution is 9.10. The summed E-state index contributed by atoms with van der Waals surface area (Å²) in [5, 5.41) is 7.54. The number of benzene rings is 1. The molecule has 0 atom stereocenters. The lowest BCUT2D eigenvalue weighted by Crippen LogP contribution is -2.12. The van der Waals surface area contributed by atoms with Gasteiger partial charge in [-0.25, -0.2) is 17.4 Å². The van der Waals surface area contributed by atoms with Crippen LogP contribution in [0.15, 0.2) is 64.4 Å². The Morgan fingerprint density at radius 3 is 2.60 bits per heavy atom. The third-order valence-corrected chi connectivity index (χ3v) is 6.05. The van der Waals surface area contributed by atoms with Gasteiger partial charge in [-0.1, -0.05) is 17.7 Å². The highest BCUT2D eigenvalue weighted by Gasteiger charge is 2.23. The van der Waals surface area contributed by atoms with E-state index >= 15 is 0 Å². The van der Waals surface area contributed by atoms with Gasteiger partial charge in [0.05, 0.1) is 10.6 Å². The zero-order valence-corrected chi connectivity index (χ0v) is 15.5. The third kappa shape index (κ3) is 2.67. The molecule has 6 nitrogen and oxygen atoms in total. The van der Waals surface area contributed by atoms with Crippen molar-refractivity contribution in [2.45, 2.75) is 11.8 Å². The molecule has 0 aliphatic carbocycles. The number of aryl methyl sites for hydroxylation is 1. The number of hydrogen-bond acceptors (Lipinski definition) is 4. The van der Waals surface area contributed by atoms with Gasteiger partial charge in [0.1, 0.15) is 0 Å². The fourth-order valence-corrected chi connectivity index (χ4v) is 4.34. The van der Waals surface area contributed by atoms with Crippen LogP contribution in [0.1, 0.15) is 5.56 Å². The van der Waals surface area contributed by atoms with Crippen LogP contribution in [0.25, 0.3) is 22.3 Å². The Bertz CT molecular complexity index is 1160. The summed E-state index contributed by atoms with van der Waals surface area (Å²) in [5.41, 5.74) is 2.81. The zero-order valence-electron chi connectivity index (χ0n) is 13.1. The number of aromatic nitrogens is 4. The number of rotatable bonds is 3. The van der Waals surface area contributed by atoms with Gasteiger partial charge in [-0.2, -0.15) is 5.10 Å². The molecule has 126 valence electrons. The molecule has 0 spiro atoms. The summed E-state index contributed by atoms with van der Waals surface area (Å²) in [6, 6.07) is 10.4. The van der Waals surface area contributed by atoms with Gasteiger partial charge in [0.25, 0.3) is 10.0 Å². The van der Waals surface area contributed by atoms with Crippen molar-refractivity contribution in [2.24, 2.45) is 0 Å². The quantitative estimate of drug-likeness (QED) is 0.551. The predicted molar refractivity (Wildman–Crippen MR) is 98.8 cm³/mol. The van der Waals surface area contributed by atoms with Gasteiger partial charge in [0, 0.05) is 34.0 Å². The topological polar surface area (TPSA) is 80.6 Å². The van der Waals surface area contributed by atoms with E-state index in [0.29, 0.717) is 11.0 Å². The van der Waals surface area contributed by atoms with E-state index in [9.17, 15) is 8.42 Å². The number of H-pyrrole nitrogens is 1. The molecule has 0 unspecified atom stereocenters. The van der Waals surface area contributed by atoms with Crippen molar-refractivity contribution in [2.75, 3.05) is 0 Å². The monoisotopic (exact) mass is 416 g/mol. The maximum absolute atomic E-state index is 13.1. The molecule has 3 heterocycles. The molecule has 0 saturated heterocycles. The molecule has 4 rings (SSSR count). The number of halogens is 1. The number of fused-ring (bicyclic) bond motifs is 1. The van der Waals surface area contributed by atoms with Crippen LogP contribution in [0.4, 0.5) is 0 Å². The molecule has 0 bridgehead atoms. The Morgan fingerprint density at radius 2 is 1.92 bits per heavy atom. The summed E-state index contributed by atoms with van der Waals surface area (Å²) < 4.78 is 28.2. The highest BCUT2D eigenvalue weighted by Crippen LogP contribution is 2.32.